The fourth-order valence-electron chi connectivity index (χ4n) is 4.78. The van der Waals surface area contributed by atoms with E-state index in [0.29, 0.717) is 11.8 Å². The van der Waals surface area contributed by atoms with Gasteiger partial charge in [-0.1, -0.05) is 0 Å². The van der Waals surface area contributed by atoms with Gasteiger partial charge in [0, 0.05) is 0 Å². The zero-order valence-corrected chi connectivity index (χ0v) is 21.5. The second-order valence-electron chi connectivity index (χ2n) is 9.76. The molecule has 25 heavy (non-hydrogen) atoms. The molecule has 0 atom stereocenters. The third-order valence-corrected chi connectivity index (χ3v) is 13.5. The van der Waals surface area contributed by atoms with Crippen LogP contribution in [0, 0.1) is 22.7 Å². The summed E-state index contributed by atoms with van der Waals surface area (Å²) in [6.07, 6.45) is 0. The minimum atomic E-state index is -0.835. The van der Waals surface area contributed by atoms with Crippen molar-refractivity contribution in [3.63, 3.8) is 0 Å². The molecule has 0 aliphatic heterocycles. The van der Waals surface area contributed by atoms with Crippen molar-refractivity contribution in [1.82, 2.24) is 0 Å². The van der Waals surface area contributed by atoms with Crippen LogP contribution in [0.1, 0.15) is 83.1 Å². The molecule has 1 heteroatoms. The topological polar surface area (TPSA) is 0 Å². The molecule has 0 spiro atoms. The van der Waals surface area contributed by atoms with Crippen molar-refractivity contribution in [3.05, 3.63) is 40.6 Å². The quantitative estimate of drug-likeness (QED) is 0.400. The molecule has 2 aliphatic rings. The molecule has 2 aliphatic carbocycles. The van der Waals surface area contributed by atoms with Crippen molar-refractivity contribution in [2.45, 2.75) is 83.1 Å². The van der Waals surface area contributed by atoms with Gasteiger partial charge in [-0.3, -0.25) is 0 Å². The second-order valence-corrected chi connectivity index (χ2v) is 13.3. The van der Waals surface area contributed by atoms with E-state index in [1.807, 2.05) is 7.18 Å². The van der Waals surface area contributed by atoms with E-state index in [-0.39, 0.29) is 10.8 Å². The molecular weight excluding hydrogens is 407 g/mol. The van der Waals surface area contributed by atoms with Crippen molar-refractivity contribution in [2.75, 3.05) is 0 Å². The molecule has 0 aromatic rings. The summed E-state index contributed by atoms with van der Waals surface area (Å²) in [5.74, 6) is 1.27. The zero-order chi connectivity index (χ0) is 19.5. The maximum absolute atomic E-state index is 2.47. The van der Waals surface area contributed by atoms with Crippen LogP contribution in [0.4, 0.5) is 0 Å². The predicted molar refractivity (Wildman–Crippen MR) is 114 cm³/mol. The molecule has 0 N–H and O–H groups in total. The van der Waals surface area contributed by atoms with E-state index < -0.39 is 21.1 Å². The van der Waals surface area contributed by atoms with Crippen LogP contribution in [0.15, 0.2) is 40.6 Å². The molecule has 2 rings (SSSR count). The second kappa shape index (κ2) is 6.73. The van der Waals surface area contributed by atoms with E-state index in [0.717, 1.165) is 0 Å². The first-order valence-electron chi connectivity index (χ1n) is 9.89. The summed E-state index contributed by atoms with van der Waals surface area (Å²) in [6, 6.07) is 0. The first-order valence-corrected chi connectivity index (χ1v) is 12.7. The van der Waals surface area contributed by atoms with Gasteiger partial charge in [0.2, 0.25) is 0 Å². The van der Waals surface area contributed by atoms with Gasteiger partial charge in [-0.05, 0) is 0 Å². The van der Waals surface area contributed by atoms with Crippen LogP contribution in [-0.2, 0) is 0 Å². The Kier molecular flexibility index (Phi) is 5.67. The average molecular weight is 445 g/mol. The third-order valence-electron chi connectivity index (χ3n) is 7.00. The van der Waals surface area contributed by atoms with Crippen molar-refractivity contribution < 1.29 is 0 Å². The Morgan fingerprint density at radius 3 is 1.12 bits per heavy atom. The third kappa shape index (κ3) is 3.15. The molecule has 0 aromatic carbocycles. The summed E-state index contributed by atoms with van der Waals surface area (Å²) in [6.45, 7) is 28.9. The molecule has 0 bridgehead atoms. The molecule has 0 fully saturated rings. The van der Waals surface area contributed by atoms with Crippen LogP contribution in [0.25, 0.3) is 0 Å². The van der Waals surface area contributed by atoms with Gasteiger partial charge >= 0.3 is 168 Å². The standard InChI is InChI=1S/2C12H19.Sn/c2*1-8(2)11-7-12(5,6)10(4)9(11)3;/h2*8H,1-6H3;. The van der Waals surface area contributed by atoms with E-state index in [1.54, 1.807) is 33.4 Å². The summed E-state index contributed by atoms with van der Waals surface area (Å²) in [4.78, 5) is 0. The Bertz CT molecular complexity index is 653. The summed E-state index contributed by atoms with van der Waals surface area (Å²) >= 11 is -0.835. The van der Waals surface area contributed by atoms with Gasteiger partial charge in [0.15, 0.2) is 0 Å². The Morgan fingerprint density at radius 1 is 0.600 bits per heavy atom. The van der Waals surface area contributed by atoms with Crippen molar-refractivity contribution in [2.24, 2.45) is 22.7 Å². The van der Waals surface area contributed by atoms with Gasteiger partial charge in [0.1, 0.15) is 0 Å². The van der Waals surface area contributed by atoms with Gasteiger partial charge in [0.05, 0.1) is 0 Å². The first kappa shape index (κ1) is 21.1. The van der Waals surface area contributed by atoms with Crippen molar-refractivity contribution in [3.8, 4) is 0 Å². The van der Waals surface area contributed by atoms with E-state index in [1.165, 1.54) is 0 Å². The monoisotopic (exact) mass is 446 g/mol. The molecule has 138 valence electrons. The van der Waals surface area contributed by atoms with E-state index >= 15 is 0 Å². The number of rotatable bonds is 4. The normalized spacial score (nSPS) is 23.3. The Balaban J connectivity index is 2.65. The number of hydrogen-bond donors (Lipinski definition) is 0. The molecule has 0 amide bonds. The molecule has 0 saturated carbocycles. The maximum atomic E-state index is 2.47. The van der Waals surface area contributed by atoms with Gasteiger partial charge in [-0.2, -0.15) is 0 Å². The van der Waals surface area contributed by atoms with Gasteiger partial charge in [0.25, 0.3) is 0 Å². The van der Waals surface area contributed by atoms with Gasteiger partial charge < -0.3 is 0 Å². The molecule has 0 heterocycles. The molecule has 0 saturated heterocycles. The van der Waals surface area contributed by atoms with E-state index in [4.69, 9.17) is 0 Å². The molecule has 2 radical (unpaired) electrons. The van der Waals surface area contributed by atoms with Crippen LogP contribution >= 0.6 is 0 Å². The SMILES string of the molecule is CC1=C(C)C(C)(C)[C]([Sn][C]2=C(C(C)C)C(C)=C(C)C2(C)C)=C1C(C)C. The van der Waals surface area contributed by atoms with Crippen LogP contribution in [-0.4, -0.2) is 21.1 Å². The summed E-state index contributed by atoms with van der Waals surface area (Å²) in [5.41, 5.74) is 10.3. The minimum absolute atomic E-state index is 0.255. The van der Waals surface area contributed by atoms with Crippen LogP contribution in [0.2, 0.25) is 0 Å². The van der Waals surface area contributed by atoms with Gasteiger partial charge in [-0.25, -0.2) is 0 Å². The van der Waals surface area contributed by atoms with E-state index in [2.05, 4.69) is 83.1 Å². The Hall–Kier alpha value is -0.241. The zero-order valence-electron chi connectivity index (χ0n) is 18.7. The summed E-state index contributed by atoms with van der Waals surface area (Å²) in [7, 11) is 0. The fourth-order valence-corrected chi connectivity index (χ4v) is 11.8. The molecule has 0 aromatic heterocycles. The summed E-state index contributed by atoms with van der Waals surface area (Å²) in [5, 5.41) is 0. The fraction of sp³-hybridized carbons (Fsp3) is 0.667. The number of hydrogen-bond acceptors (Lipinski definition) is 0. The molecule has 0 nitrogen and oxygen atoms in total. The molecule has 0 unspecified atom stereocenters. The van der Waals surface area contributed by atoms with Crippen molar-refractivity contribution >= 4 is 21.1 Å². The van der Waals surface area contributed by atoms with Crippen LogP contribution in [0.3, 0.4) is 0 Å². The van der Waals surface area contributed by atoms with Gasteiger partial charge in [-0.15, -0.1) is 0 Å². The van der Waals surface area contributed by atoms with E-state index in [9.17, 15) is 0 Å². The van der Waals surface area contributed by atoms with Crippen molar-refractivity contribution in [1.29, 1.82) is 0 Å². The Morgan fingerprint density at radius 2 is 0.880 bits per heavy atom. The Labute approximate surface area is 167 Å². The van der Waals surface area contributed by atoms with Crippen LogP contribution in [0.5, 0.6) is 0 Å². The molecular formula is C24H38Sn. The van der Waals surface area contributed by atoms with Crippen LogP contribution < -0.4 is 0 Å². The average Bonchev–Trinajstić information content (AvgIpc) is 2.75. The predicted octanol–water partition coefficient (Wildman–Crippen LogP) is 7.26. The first-order chi connectivity index (χ1) is 11.3. The summed E-state index contributed by atoms with van der Waals surface area (Å²) < 4.78 is 3.68. The number of allylic oxidation sites excluding steroid dienone is 8.